The second-order valence-corrected chi connectivity index (χ2v) is 2.44. The van der Waals surface area contributed by atoms with Crippen LogP contribution < -0.4 is 5.73 Å². The molecule has 0 bridgehead atoms. The lowest BCUT2D eigenvalue weighted by Crippen LogP contribution is -1.93. The summed E-state index contributed by atoms with van der Waals surface area (Å²) in [5.41, 5.74) is 7.50. The number of hydrogen-bond donors (Lipinski definition) is 1. The molecule has 0 saturated carbocycles. The Balaban J connectivity index is 4.68. The number of allylic oxidation sites excluding steroid dienone is 1. The smallest absolute Gasteiger partial charge is 0.0604 e. The molecule has 0 rings (SSSR count). The van der Waals surface area contributed by atoms with Crippen LogP contribution in [0.1, 0.15) is 26.7 Å². The third kappa shape index (κ3) is 3.25. The van der Waals surface area contributed by atoms with Crippen LogP contribution >= 0.6 is 0 Å². The van der Waals surface area contributed by atoms with E-state index in [1.54, 1.807) is 0 Å². The van der Waals surface area contributed by atoms with E-state index in [-0.39, 0.29) is 0 Å². The number of nitrogens with two attached hydrogens (primary N) is 1. The van der Waals surface area contributed by atoms with E-state index >= 15 is 0 Å². The second-order valence-electron chi connectivity index (χ2n) is 2.44. The minimum absolute atomic E-state index is 0.675. The molecule has 0 saturated heterocycles. The van der Waals surface area contributed by atoms with E-state index in [1.165, 1.54) is 5.57 Å². The highest BCUT2D eigenvalue weighted by Gasteiger charge is 1.98. The predicted octanol–water partition coefficient (Wildman–Crippen LogP) is 1.72. The summed E-state index contributed by atoms with van der Waals surface area (Å²) in [6.07, 6.45) is 1.89. The molecule has 0 fully saturated rings. The van der Waals surface area contributed by atoms with Crippen LogP contribution in [-0.4, -0.2) is 13.3 Å². The molecule has 0 amide bonds. The molecule has 0 aromatic heterocycles. The second kappa shape index (κ2) is 6.48. The first-order chi connectivity index (χ1) is 5.79. The molecule has 0 aliphatic carbocycles. The molecule has 2 N–H and O–H groups in total. The molecule has 2 nitrogen and oxygen atoms in total. The quantitative estimate of drug-likeness (QED) is 0.383. The standard InChI is InChI=1S/C10H16N2/c1-4-9(6-7-11)10(5-2)8-12-3/h3-5,8,11H2,1-2H3/b10-9-. The summed E-state index contributed by atoms with van der Waals surface area (Å²) >= 11 is 0. The fourth-order valence-electron chi connectivity index (χ4n) is 1.07. The highest BCUT2D eigenvalue weighted by molar-refractivity contribution is 5.35. The Morgan fingerprint density at radius 1 is 1.42 bits per heavy atom. The molecule has 0 atom stereocenters. The van der Waals surface area contributed by atoms with Gasteiger partial charge in [0, 0.05) is 11.6 Å². The summed E-state index contributed by atoms with van der Waals surface area (Å²) in [7, 11) is 0. The summed E-state index contributed by atoms with van der Waals surface area (Å²) < 4.78 is 0. The minimum atomic E-state index is 0.675. The highest BCUT2D eigenvalue weighted by atomic mass is 14.7. The van der Waals surface area contributed by atoms with Crippen molar-refractivity contribution in [1.29, 1.82) is 0 Å². The summed E-state index contributed by atoms with van der Waals surface area (Å²) in [4.78, 5) is 3.84. The number of nitrogens with zero attached hydrogens (tertiary/aromatic N) is 1. The monoisotopic (exact) mass is 164 g/mol. The lowest BCUT2D eigenvalue weighted by atomic mass is 10.0. The molecule has 0 unspecified atom stereocenters. The van der Waals surface area contributed by atoms with Gasteiger partial charge < -0.3 is 5.73 Å². The molecule has 0 aromatic rings. The molecular formula is C10H16N2. The number of aliphatic imine (C=N–C) groups is 1. The fourth-order valence-corrected chi connectivity index (χ4v) is 1.07. The first kappa shape index (κ1) is 10.8. The summed E-state index contributed by atoms with van der Waals surface area (Å²) in [5.74, 6) is 2.89. The maximum Gasteiger partial charge on any atom is 0.0604 e. The summed E-state index contributed by atoms with van der Waals surface area (Å²) in [6, 6.07) is 2.42. The lowest BCUT2D eigenvalue weighted by Gasteiger charge is -2.03. The van der Waals surface area contributed by atoms with Crippen LogP contribution in [0.3, 0.4) is 0 Å². The zero-order valence-corrected chi connectivity index (χ0v) is 7.85. The third-order valence-corrected chi connectivity index (χ3v) is 1.73. The molecule has 0 radical (unpaired) electrons. The normalized spacial score (nSPS) is 11.2. The molecule has 0 aliphatic heterocycles. The van der Waals surface area contributed by atoms with Crippen molar-refractivity contribution in [3.63, 3.8) is 0 Å². The Hall–Kier alpha value is -1.23. The average Bonchev–Trinajstić information content (AvgIpc) is 2.11. The van der Waals surface area contributed by atoms with Gasteiger partial charge in [-0.05, 0) is 31.1 Å². The molecule has 2 heteroatoms. The number of hydrogen-bond acceptors (Lipinski definition) is 2. The first-order valence-electron chi connectivity index (χ1n) is 4.15. The van der Waals surface area contributed by atoms with E-state index in [2.05, 4.69) is 37.5 Å². The Kier molecular flexibility index (Phi) is 5.81. The average molecular weight is 164 g/mol. The van der Waals surface area contributed by atoms with Crippen molar-refractivity contribution in [2.75, 3.05) is 6.54 Å². The van der Waals surface area contributed by atoms with E-state index in [0.29, 0.717) is 6.54 Å². The van der Waals surface area contributed by atoms with Crippen LogP contribution in [0.2, 0.25) is 0 Å². The lowest BCUT2D eigenvalue weighted by molar-refractivity contribution is 0.964. The Labute approximate surface area is 74.6 Å². The van der Waals surface area contributed by atoms with Gasteiger partial charge in [0.05, 0.1) is 6.54 Å². The van der Waals surface area contributed by atoms with Gasteiger partial charge in [-0.1, -0.05) is 13.8 Å². The van der Waals surface area contributed by atoms with Gasteiger partial charge in [-0.3, -0.25) is 4.99 Å². The van der Waals surface area contributed by atoms with Crippen LogP contribution in [0.25, 0.3) is 0 Å². The van der Waals surface area contributed by atoms with Crippen molar-refractivity contribution in [1.82, 2.24) is 0 Å². The molecular weight excluding hydrogens is 148 g/mol. The zero-order chi connectivity index (χ0) is 9.40. The van der Waals surface area contributed by atoms with E-state index in [0.717, 1.165) is 18.4 Å². The highest BCUT2D eigenvalue weighted by Crippen LogP contribution is 2.11. The van der Waals surface area contributed by atoms with Gasteiger partial charge in [0.1, 0.15) is 0 Å². The zero-order valence-electron chi connectivity index (χ0n) is 7.85. The van der Waals surface area contributed by atoms with E-state index < -0.39 is 0 Å². The number of rotatable bonds is 4. The molecule has 66 valence electrons. The maximum atomic E-state index is 5.15. The van der Waals surface area contributed by atoms with Crippen LogP contribution in [-0.2, 0) is 0 Å². The van der Waals surface area contributed by atoms with Gasteiger partial charge in [-0.25, -0.2) is 0 Å². The molecule has 0 aliphatic rings. The summed E-state index contributed by atoms with van der Waals surface area (Å²) in [5, 5.41) is 0. The molecule has 12 heavy (non-hydrogen) atoms. The molecule has 0 heterocycles. The SMILES string of the molecule is C=NC/C(CC)=C(\C#CN)CC. The molecule has 0 aromatic carbocycles. The van der Waals surface area contributed by atoms with Gasteiger partial charge in [-0.15, -0.1) is 0 Å². The van der Waals surface area contributed by atoms with Gasteiger partial charge in [0.25, 0.3) is 0 Å². The van der Waals surface area contributed by atoms with Gasteiger partial charge in [0.2, 0.25) is 0 Å². The van der Waals surface area contributed by atoms with Crippen LogP contribution in [0, 0.1) is 12.0 Å². The van der Waals surface area contributed by atoms with Crippen molar-refractivity contribution < 1.29 is 0 Å². The van der Waals surface area contributed by atoms with E-state index in [1.807, 2.05) is 0 Å². The van der Waals surface area contributed by atoms with Crippen molar-refractivity contribution in [2.24, 2.45) is 10.7 Å². The maximum absolute atomic E-state index is 5.15. The van der Waals surface area contributed by atoms with Gasteiger partial charge in [0.15, 0.2) is 0 Å². The largest absolute Gasteiger partial charge is 0.359 e. The van der Waals surface area contributed by atoms with Crippen molar-refractivity contribution in [3.05, 3.63) is 11.1 Å². The van der Waals surface area contributed by atoms with Crippen LogP contribution in [0.5, 0.6) is 0 Å². The Morgan fingerprint density at radius 2 is 2.08 bits per heavy atom. The third-order valence-electron chi connectivity index (χ3n) is 1.73. The topological polar surface area (TPSA) is 38.4 Å². The van der Waals surface area contributed by atoms with Crippen LogP contribution in [0.4, 0.5) is 0 Å². The fraction of sp³-hybridized carbons (Fsp3) is 0.500. The van der Waals surface area contributed by atoms with Gasteiger partial charge >= 0.3 is 0 Å². The summed E-state index contributed by atoms with van der Waals surface area (Å²) in [6.45, 7) is 8.30. The Morgan fingerprint density at radius 3 is 2.42 bits per heavy atom. The molecule has 0 spiro atoms. The first-order valence-corrected chi connectivity index (χ1v) is 4.15. The predicted molar refractivity (Wildman–Crippen MR) is 54.0 cm³/mol. The van der Waals surface area contributed by atoms with Crippen molar-refractivity contribution >= 4 is 6.72 Å². The Bertz CT molecular complexity index is 228. The van der Waals surface area contributed by atoms with E-state index in [9.17, 15) is 0 Å². The van der Waals surface area contributed by atoms with Gasteiger partial charge in [-0.2, -0.15) is 0 Å². The van der Waals surface area contributed by atoms with Crippen LogP contribution in [0.15, 0.2) is 16.1 Å². The van der Waals surface area contributed by atoms with Crippen molar-refractivity contribution in [2.45, 2.75) is 26.7 Å². The minimum Gasteiger partial charge on any atom is -0.359 e. The van der Waals surface area contributed by atoms with Crippen molar-refractivity contribution in [3.8, 4) is 12.0 Å². The van der Waals surface area contributed by atoms with E-state index in [4.69, 9.17) is 5.73 Å².